The Labute approximate surface area is 119 Å². The zero-order valence-electron chi connectivity index (χ0n) is 10.5. The van der Waals surface area contributed by atoms with Gasteiger partial charge in [0, 0.05) is 31.5 Å². The van der Waals surface area contributed by atoms with E-state index in [0.717, 1.165) is 11.0 Å². The number of nitrogens with zero attached hydrogens (tertiary/aromatic N) is 1. The maximum Gasteiger partial charge on any atom is 0.229 e. The van der Waals surface area contributed by atoms with Crippen molar-refractivity contribution in [2.75, 3.05) is 11.9 Å². The van der Waals surface area contributed by atoms with Gasteiger partial charge in [0.05, 0.1) is 5.02 Å². The molecule has 0 aliphatic carbocycles. The van der Waals surface area contributed by atoms with E-state index in [1.807, 2.05) is 0 Å². The number of nitrogens with one attached hydrogen (secondary N) is 1. The molecule has 0 bridgehead atoms. The lowest BCUT2D eigenvalue weighted by molar-refractivity contribution is -0.138. The minimum Gasteiger partial charge on any atom is -0.326 e. The van der Waals surface area contributed by atoms with Crippen molar-refractivity contribution in [1.29, 1.82) is 0 Å². The van der Waals surface area contributed by atoms with Crippen molar-refractivity contribution >= 4 is 35.0 Å². The zero-order chi connectivity index (χ0) is 14.7. The fraction of sp³-hybridized carbons (Fsp3) is 0.308. The van der Waals surface area contributed by atoms with Crippen molar-refractivity contribution in [2.24, 2.45) is 0 Å². The van der Waals surface area contributed by atoms with E-state index in [4.69, 9.17) is 11.6 Å². The summed E-state index contributed by atoms with van der Waals surface area (Å²) in [4.78, 5) is 35.5. The number of likely N-dealkylation sites (tertiary alicyclic amines) is 1. The predicted octanol–water partition coefficient (Wildman–Crippen LogP) is 1.96. The van der Waals surface area contributed by atoms with E-state index in [9.17, 15) is 18.8 Å². The number of hydrogen-bond acceptors (Lipinski definition) is 3. The van der Waals surface area contributed by atoms with Gasteiger partial charge in [0.1, 0.15) is 5.82 Å². The molecule has 1 aromatic carbocycles. The average molecular weight is 299 g/mol. The Balaban J connectivity index is 1.88. The van der Waals surface area contributed by atoms with Gasteiger partial charge in [-0.05, 0) is 18.2 Å². The summed E-state index contributed by atoms with van der Waals surface area (Å²) in [5, 5.41) is 2.43. The maximum absolute atomic E-state index is 12.9. The molecule has 3 amide bonds. The highest BCUT2D eigenvalue weighted by molar-refractivity contribution is 6.31. The largest absolute Gasteiger partial charge is 0.326 e. The molecule has 0 spiro atoms. The highest BCUT2D eigenvalue weighted by atomic mass is 35.5. The smallest absolute Gasteiger partial charge is 0.229 e. The zero-order valence-corrected chi connectivity index (χ0v) is 11.2. The quantitative estimate of drug-likeness (QED) is 0.864. The number of carbonyl (C=O) groups excluding carboxylic acids is 3. The monoisotopic (exact) mass is 298 g/mol. The lowest BCUT2D eigenvalue weighted by Gasteiger charge is -2.13. The first-order valence-corrected chi connectivity index (χ1v) is 6.43. The van der Waals surface area contributed by atoms with Crippen molar-refractivity contribution in [3.8, 4) is 0 Å². The van der Waals surface area contributed by atoms with Gasteiger partial charge in [-0.15, -0.1) is 0 Å². The van der Waals surface area contributed by atoms with Crippen LogP contribution in [0.3, 0.4) is 0 Å². The second-order valence-corrected chi connectivity index (χ2v) is 4.77. The minimum absolute atomic E-state index is 0.00746. The highest BCUT2D eigenvalue weighted by Gasteiger charge is 2.28. The number of anilines is 1. The van der Waals surface area contributed by atoms with Crippen LogP contribution in [0.15, 0.2) is 18.2 Å². The maximum atomic E-state index is 12.9. The first-order valence-electron chi connectivity index (χ1n) is 6.05. The molecule has 1 aliphatic heterocycles. The van der Waals surface area contributed by atoms with E-state index >= 15 is 0 Å². The molecule has 0 atom stereocenters. The normalized spacial score (nSPS) is 14.8. The van der Waals surface area contributed by atoms with E-state index in [-0.39, 0.29) is 48.6 Å². The van der Waals surface area contributed by atoms with Crippen LogP contribution in [-0.4, -0.2) is 29.2 Å². The Morgan fingerprint density at radius 2 is 1.95 bits per heavy atom. The second kappa shape index (κ2) is 6.00. The molecule has 106 valence electrons. The number of hydrogen-bond donors (Lipinski definition) is 1. The van der Waals surface area contributed by atoms with Crippen LogP contribution in [0.25, 0.3) is 0 Å². The summed E-state index contributed by atoms with van der Waals surface area (Å²) < 4.78 is 12.9. The van der Waals surface area contributed by atoms with Crippen LogP contribution >= 0.6 is 11.6 Å². The summed E-state index contributed by atoms with van der Waals surface area (Å²) in [5.41, 5.74) is 0.362. The number of imide groups is 1. The van der Waals surface area contributed by atoms with Crippen LogP contribution in [0.2, 0.25) is 5.02 Å². The Morgan fingerprint density at radius 3 is 2.55 bits per heavy atom. The van der Waals surface area contributed by atoms with Crippen molar-refractivity contribution in [3.63, 3.8) is 0 Å². The lowest BCUT2D eigenvalue weighted by atomic mass is 10.3. The third-order valence-corrected chi connectivity index (χ3v) is 3.21. The molecule has 1 saturated heterocycles. The van der Waals surface area contributed by atoms with E-state index in [1.54, 1.807) is 0 Å². The Morgan fingerprint density at radius 1 is 1.30 bits per heavy atom. The first-order chi connectivity index (χ1) is 9.47. The van der Waals surface area contributed by atoms with E-state index < -0.39 is 5.82 Å². The van der Waals surface area contributed by atoms with Crippen LogP contribution in [0.5, 0.6) is 0 Å². The van der Waals surface area contributed by atoms with Gasteiger partial charge in [-0.2, -0.15) is 0 Å². The molecule has 5 nitrogen and oxygen atoms in total. The Kier molecular flexibility index (Phi) is 4.34. The third kappa shape index (κ3) is 3.33. The van der Waals surface area contributed by atoms with E-state index in [0.29, 0.717) is 5.69 Å². The van der Waals surface area contributed by atoms with Crippen molar-refractivity contribution < 1.29 is 18.8 Å². The lowest BCUT2D eigenvalue weighted by Crippen LogP contribution is -2.32. The van der Waals surface area contributed by atoms with Gasteiger partial charge in [-0.1, -0.05) is 11.6 Å². The Hall–Kier alpha value is -1.95. The predicted molar refractivity (Wildman–Crippen MR) is 70.6 cm³/mol. The fourth-order valence-corrected chi connectivity index (χ4v) is 2.06. The van der Waals surface area contributed by atoms with Crippen molar-refractivity contribution in [3.05, 3.63) is 29.0 Å². The molecule has 0 saturated carbocycles. The van der Waals surface area contributed by atoms with Gasteiger partial charge in [-0.25, -0.2) is 4.39 Å². The molecule has 0 unspecified atom stereocenters. The van der Waals surface area contributed by atoms with Crippen LogP contribution in [0.1, 0.15) is 19.3 Å². The summed E-state index contributed by atoms with van der Waals surface area (Å²) in [5.74, 6) is -1.46. The molecular weight excluding hydrogens is 287 g/mol. The number of carbonyl (C=O) groups is 3. The molecule has 1 aromatic rings. The second-order valence-electron chi connectivity index (χ2n) is 4.37. The number of halogens is 2. The van der Waals surface area contributed by atoms with Gasteiger partial charge < -0.3 is 5.32 Å². The molecule has 1 heterocycles. The summed E-state index contributed by atoms with van der Waals surface area (Å²) in [6.45, 7) is 0.0540. The molecular formula is C13H12ClFN2O3. The topological polar surface area (TPSA) is 66.5 Å². The molecule has 1 fully saturated rings. The van der Waals surface area contributed by atoms with Crippen molar-refractivity contribution in [1.82, 2.24) is 4.90 Å². The molecule has 0 aromatic heterocycles. The average Bonchev–Trinajstić information content (AvgIpc) is 2.71. The van der Waals surface area contributed by atoms with Gasteiger partial charge >= 0.3 is 0 Å². The van der Waals surface area contributed by atoms with Crippen molar-refractivity contribution in [2.45, 2.75) is 19.3 Å². The van der Waals surface area contributed by atoms with Gasteiger partial charge in [-0.3, -0.25) is 19.3 Å². The summed E-state index contributed by atoms with van der Waals surface area (Å²) >= 11 is 5.59. The molecule has 2 rings (SSSR count). The van der Waals surface area contributed by atoms with Crippen LogP contribution in [0.4, 0.5) is 10.1 Å². The molecule has 1 N–H and O–H groups in total. The van der Waals surface area contributed by atoms with E-state index in [1.165, 1.54) is 12.1 Å². The summed E-state index contributed by atoms with van der Waals surface area (Å²) in [7, 11) is 0. The molecule has 0 radical (unpaired) electrons. The SMILES string of the molecule is O=C(CCN1C(=O)CCC1=O)Nc1ccc(F)c(Cl)c1. The summed E-state index contributed by atoms with van der Waals surface area (Å²) in [6.07, 6.45) is 0.397. The first kappa shape index (κ1) is 14.5. The fourth-order valence-electron chi connectivity index (χ4n) is 1.88. The van der Waals surface area contributed by atoms with E-state index in [2.05, 4.69) is 5.32 Å². The van der Waals surface area contributed by atoms with Gasteiger partial charge in [0.25, 0.3) is 0 Å². The number of rotatable bonds is 4. The van der Waals surface area contributed by atoms with Crippen LogP contribution < -0.4 is 5.32 Å². The number of benzene rings is 1. The standard InChI is InChI=1S/C13H12ClFN2O3/c14-9-7-8(1-2-10(9)15)16-11(18)5-6-17-12(19)3-4-13(17)20/h1-2,7H,3-6H2,(H,16,18). The molecule has 7 heteroatoms. The molecule has 1 aliphatic rings. The number of amides is 3. The minimum atomic E-state index is -0.571. The summed E-state index contributed by atoms with van der Waals surface area (Å²) in [6, 6.07) is 3.82. The highest BCUT2D eigenvalue weighted by Crippen LogP contribution is 2.19. The Bertz CT molecular complexity index is 561. The van der Waals surface area contributed by atoms with Gasteiger partial charge in [0.15, 0.2) is 0 Å². The third-order valence-electron chi connectivity index (χ3n) is 2.92. The van der Waals surface area contributed by atoms with Crippen LogP contribution in [-0.2, 0) is 14.4 Å². The molecule has 20 heavy (non-hydrogen) atoms. The van der Waals surface area contributed by atoms with Gasteiger partial charge in [0.2, 0.25) is 17.7 Å². The van der Waals surface area contributed by atoms with Crippen LogP contribution in [0, 0.1) is 5.82 Å².